The van der Waals surface area contributed by atoms with Crippen molar-refractivity contribution in [2.24, 2.45) is 16.8 Å². The number of hydrazine groups is 1. The van der Waals surface area contributed by atoms with Crippen LogP contribution in [-0.2, 0) is 0 Å². The molecule has 1 atom stereocenters. The molecule has 0 unspecified atom stereocenters. The van der Waals surface area contributed by atoms with Crippen LogP contribution in [0, 0.1) is 11.8 Å². The summed E-state index contributed by atoms with van der Waals surface area (Å²) in [6.45, 7) is 0. The minimum atomic E-state index is -0.0912. The van der Waals surface area contributed by atoms with Gasteiger partial charge in [0.2, 0.25) is 0 Å². The molecule has 5 nitrogen and oxygen atoms in total. The molecule has 3 fully saturated rings. The third kappa shape index (κ3) is 2.08. The van der Waals surface area contributed by atoms with Gasteiger partial charge in [-0.3, -0.25) is 0 Å². The van der Waals surface area contributed by atoms with Crippen LogP contribution in [0.25, 0.3) is 10.2 Å². The maximum Gasteiger partial charge on any atom is 0.174 e. The average molecular weight is 328 g/mol. The standard InChI is InChI=1S/C17H20N4OS/c1-22-12-6-7-13-14(8-12)23-16(18-13)15-19-17(21-20-15)9-10-2-4-11(17)5-3-10/h6-8,10-11,21H,2-5,9H2,1H3,(H,19,20)/t10?,11?,17-/m0/s1. The zero-order valence-electron chi connectivity index (χ0n) is 13.1. The first-order valence-corrected chi connectivity index (χ1v) is 9.15. The fraction of sp³-hybridized carbons (Fsp3) is 0.529. The summed E-state index contributed by atoms with van der Waals surface area (Å²) in [4.78, 5) is 9.82. The van der Waals surface area contributed by atoms with Crippen molar-refractivity contribution in [2.45, 2.75) is 37.8 Å². The lowest BCUT2D eigenvalue weighted by molar-refractivity contribution is 0.0506. The number of fused-ring (bicyclic) bond motifs is 3. The summed E-state index contributed by atoms with van der Waals surface area (Å²) in [7, 11) is 1.69. The van der Waals surface area contributed by atoms with Crippen molar-refractivity contribution >= 4 is 27.4 Å². The van der Waals surface area contributed by atoms with E-state index in [1.54, 1.807) is 18.4 Å². The Labute approximate surface area is 139 Å². The third-order valence-corrected chi connectivity index (χ3v) is 6.65. The summed E-state index contributed by atoms with van der Waals surface area (Å²) in [6.07, 6.45) is 6.51. The molecule has 6 rings (SSSR count). The normalized spacial score (nSPS) is 32.3. The molecule has 2 aromatic rings. The number of thiazole rings is 1. The van der Waals surface area contributed by atoms with E-state index in [0.29, 0.717) is 5.92 Å². The minimum absolute atomic E-state index is 0.0912. The number of nitrogens with one attached hydrogen (secondary N) is 2. The van der Waals surface area contributed by atoms with E-state index in [2.05, 4.69) is 10.9 Å². The van der Waals surface area contributed by atoms with Gasteiger partial charge in [0, 0.05) is 0 Å². The summed E-state index contributed by atoms with van der Waals surface area (Å²) in [5, 5.41) is 0.957. The zero-order chi connectivity index (χ0) is 15.4. The molecule has 1 aromatic carbocycles. The van der Waals surface area contributed by atoms with Gasteiger partial charge < -0.3 is 10.2 Å². The zero-order valence-corrected chi connectivity index (χ0v) is 13.9. The number of hydrogen-bond donors (Lipinski definition) is 2. The Balaban J connectivity index is 1.51. The summed E-state index contributed by atoms with van der Waals surface area (Å²) >= 11 is 1.67. The van der Waals surface area contributed by atoms with Crippen LogP contribution in [0.15, 0.2) is 23.2 Å². The van der Waals surface area contributed by atoms with Crippen LogP contribution in [0.1, 0.15) is 37.1 Å². The molecule has 1 spiro atoms. The highest BCUT2D eigenvalue weighted by molar-refractivity contribution is 7.20. The Morgan fingerprint density at radius 2 is 2.13 bits per heavy atom. The number of nitrogens with zero attached hydrogens (tertiary/aromatic N) is 2. The highest BCUT2D eigenvalue weighted by Crippen LogP contribution is 2.49. The quantitative estimate of drug-likeness (QED) is 0.889. The second kappa shape index (κ2) is 4.92. The lowest BCUT2D eigenvalue weighted by atomic mass is 9.65. The molecule has 0 saturated heterocycles. The lowest BCUT2D eigenvalue weighted by Gasteiger charge is -2.47. The molecule has 2 bridgehead atoms. The number of rotatable bonds is 2. The van der Waals surface area contributed by atoms with Crippen molar-refractivity contribution in [3.8, 4) is 5.75 Å². The van der Waals surface area contributed by atoms with E-state index in [4.69, 9.17) is 14.7 Å². The fourth-order valence-electron chi connectivity index (χ4n) is 4.40. The highest BCUT2D eigenvalue weighted by atomic mass is 32.1. The van der Waals surface area contributed by atoms with Crippen molar-refractivity contribution in [1.29, 1.82) is 0 Å². The Kier molecular flexibility index (Phi) is 2.94. The van der Waals surface area contributed by atoms with Crippen LogP contribution < -0.4 is 15.6 Å². The molecule has 2 heterocycles. The van der Waals surface area contributed by atoms with Gasteiger partial charge in [-0.2, -0.15) is 0 Å². The molecule has 3 aliphatic carbocycles. The van der Waals surface area contributed by atoms with Gasteiger partial charge in [-0.25, -0.2) is 15.4 Å². The number of methoxy groups -OCH3 is 1. The van der Waals surface area contributed by atoms with E-state index in [1.165, 1.54) is 25.7 Å². The lowest BCUT2D eigenvalue weighted by Crippen LogP contribution is -2.56. The summed E-state index contributed by atoms with van der Waals surface area (Å²) in [6, 6.07) is 6.00. The van der Waals surface area contributed by atoms with Crippen LogP contribution in [0.5, 0.6) is 5.75 Å². The maximum atomic E-state index is 5.30. The molecule has 4 aliphatic rings. The molecular formula is C17H20N4OS. The van der Waals surface area contributed by atoms with E-state index < -0.39 is 0 Å². The summed E-state index contributed by atoms with van der Waals surface area (Å²) in [5.74, 6) is 3.26. The van der Waals surface area contributed by atoms with Crippen molar-refractivity contribution in [3.63, 3.8) is 0 Å². The molecule has 1 aromatic heterocycles. The SMILES string of the molecule is COc1ccc2nc(C3=N[C@@]4(CC5CCC4CC5)NN3)sc2c1. The van der Waals surface area contributed by atoms with Crippen LogP contribution in [0.3, 0.4) is 0 Å². The first-order chi connectivity index (χ1) is 11.3. The predicted molar refractivity (Wildman–Crippen MR) is 91.8 cm³/mol. The smallest absolute Gasteiger partial charge is 0.174 e. The Morgan fingerprint density at radius 1 is 1.26 bits per heavy atom. The molecule has 0 amide bonds. The van der Waals surface area contributed by atoms with Gasteiger partial charge in [-0.15, -0.1) is 11.3 Å². The van der Waals surface area contributed by atoms with Gasteiger partial charge in [-0.05, 0) is 62.1 Å². The van der Waals surface area contributed by atoms with Crippen molar-refractivity contribution in [1.82, 2.24) is 15.8 Å². The van der Waals surface area contributed by atoms with Gasteiger partial charge in [-0.1, -0.05) is 0 Å². The second-order valence-corrected chi connectivity index (χ2v) is 7.94. The topological polar surface area (TPSA) is 58.5 Å². The van der Waals surface area contributed by atoms with Crippen molar-refractivity contribution in [2.75, 3.05) is 7.11 Å². The molecule has 6 heteroatoms. The number of benzene rings is 1. The van der Waals surface area contributed by atoms with Gasteiger partial charge in [0.25, 0.3) is 0 Å². The molecule has 23 heavy (non-hydrogen) atoms. The highest BCUT2D eigenvalue weighted by Gasteiger charge is 2.50. The van der Waals surface area contributed by atoms with Gasteiger partial charge in [0.05, 0.1) is 17.3 Å². The van der Waals surface area contributed by atoms with E-state index in [0.717, 1.165) is 39.1 Å². The van der Waals surface area contributed by atoms with Gasteiger partial charge in [0.15, 0.2) is 10.8 Å². The molecular weight excluding hydrogens is 308 g/mol. The average Bonchev–Trinajstić information content (AvgIpc) is 3.19. The Hall–Kier alpha value is -1.66. The molecule has 120 valence electrons. The molecule has 1 aliphatic heterocycles. The van der Waals surface area contributed by atoms with Crippen LogP contribution in [0.4, 0.5) is 0 Å². The number of hydrogen-bond acceptors (Lipinski definition) is 6. The number of aromatic nitrogens is 1. The molecule has 2 N–H and O–H groups in total. The Morgan fingerprint density at radius 3 is 2.87 bits per heavy atom. The first-order valence-electron chi connectivity index (χ1n) is 8.34. The monoisotopic (exact) mass is 328 g/mol. The van der Waals surface area contributed by atoms with E-state index in [-0.39, 0.29) is 5.66 Å². The summed E-state index contributed by atoms with van der Waals surface area (Å²) in [5.41, 5.74) is 7.74. The third-order valence-electron chi connectivity index (χ3n) is 5.63. The second-order valence-electron chi connectivity index (χ2n) is 6.91. The van der Waals surface area contributed by atoms with E-state index in [1.807, 2.05) is 18.2 Å². The molecule has 0 radical (unpaired) electrons. The van der Waals surface area contributed by atoms with Crippen LogP contribution in [0.2, 0.25) is 0 Å². The number of aliphatic imine (C=N–C) groups is 1. The van der Waals surface area contributed by atoms with Crippen molar-refractivity contribution < 1.29 is 4.74 Å². The van der Waals surface area contributed by atoms with Gasteiger partial charge in [0.1, 0.15) is 11.4 Å². The maximum absolute atomic E-state index is 5.30. The van der Waals surface area contributed by atoms with Crippen molar-refractivity contribution in [3.05, 3.63) is 23.2 Å². The molecule has 3 saturated carbocycles. The van der Waals surface area contributed by atoms with Crippen LogP contribution >= 0.6 is 11.3 Å². The number of amidine groups is 1. The number of ether oxygens (including phenoxy) is 1. The summed E-state index contributed by atoms with van der Waals surface area (Å²) < 4.78 is 6.44. The van der Waals surface area contributed by atoms with Crippen LogP contribution in [-0.4, -0.2) is 23.6 Å². The van der Waals surface area contributed by atoms with E-state index in [9.17, 15) is 0 Å². The van der Waals surface area contributed by atoms with Gasteiger partial charge >= 0.3 is 0 Å². The Bertz CT molecular complexity index is 793. The van der Waals surface area contributed by atoms with E-state index >= 15 is 0 Å². The largest absolute Gasteiger partial charge is 0.497 e. The fourth-order valence-corrected chi connectivity index (χ4v) is 5.34. The predicted octanol–water partition coefficient (Wildman–Crippen LogP) is 3.07. The first kappa shape index (κ1) is 13.7. The minimum Gasteiger partial charge on any atom is -0.497 e.